The standard InChI is InChI=1S/C18H16ClNO2/c19-16-3-1-2-14(11-16)12-20-18(21)7-5-13-4-6-17-15(10-13)8-9-22-17/h1-7,10-11H,8-9,12H2,(H,20,21)/b7-5+. The Bertz CT molecular complexity index is 725. The summed E-state index contributed by atoms with van der Waals surface area (Å²) < 4.78 is 5.46. The van der Waals surface area contributed by atoms with Crippen LogP contribution in [0.4, 0.5) is 0 Å². The third-order valence-electron chi connectivity index (χ3n) is 3.50. The number of rotatable bonds is 4. The summed E-state index contributed by atoms with van der Waals surface area (Å²) in [5.41, 5.74) is 3.17. The number of benzene rings is 2. The van der Waals surface area contributed by atoms with Crippen molar-refractivity contribution in [2.45, 2.75) is 13.0 Å². The van der Waals surface area contributed by atoms with Gasteiger partial charge >= 0.3 is 0 Å². The quantitative estimate of drug-likeness (QED) is 0.876. The van der Waals surface area contributed by atoms with E-state index >= 15 is 0 Å². The molecule has 0 saturated carbocycles. The molecule has 0 unspecified atom stereocenters. The molecule has 0 saturated heterocycles. The van der Waals surface area contributed by atoms with E-state index in [4.69, 9.17) is 16.3 Å². The molecule has 0 spiro atoms. The molecule has 22 heavy (non-hydrogen) atoms. The van der Waals surface area contributed by atoms with Gasteiger partial charge in [0.1, 0.15) is 5.75 Å². The predicted molar refractivity (Wildman–Crippen MR) is 88.0 cm³/mol. The largest absolute Gasteiger partial charge is 0.493 e. The van der Waals surface area contributed by atoms with Crippen molar-refractivity contribution in [3.63, 3.8) is 0 Å². The number of halogens is 1. The van der Waals surface area contributed by atoms with E-state index in [0.717, 1.165) is 29.9 Å². The summed E-state index contributed by atoms with van der Waals surface area (Å²) in [6, 6.07) is 13.4. The number of hydrogen-bond acceptors (Lipinski definition) is 2. The molecular weight excluding hydrogens is 298 g/mol. The number of nitrogens with one attached hydrogen (secondary N) is 1. The first-order valence-corrected chi connectivity index (χ1v) is 7.54. The zero-order valence-electron chi connectivity index (χ0n) is 12.0. The summed E-state index contributed by atoms with van der Waals surface area (Å²) in [6.45, 7) is 1.20. The van der Waals surface area contributed by atoms with Crippen molar-refractivity contribution < 1.29 is 9.53 Å². The normalized spacial score (nSPS) is 13.0. The lowest BCUT2D eigenvalue weighted by Gasteiger charge is -2.03. The van der Waals surface area contributed by atoms with E-state index in [9.17, 15) is 4.79 Å². The maximum absolute atomic E-state index is 11.9. The van der Waals surface area contributed by atoms with Gasteiger partial charge in [-0.25, -0.2) is 0 Å². The Kier molecular flexibility index (Phi) is 4.45. The van der Waals surface area contributed by atoms with Crippen molar-refractivity contribution in [1.82, 2.24) is 5.32 Å². The molecule has 112 valence electrons. The topological polar surface area (TPSA) is 38.3 Å². The van der Waals surface area contributed by atoms with E-state index in [0.29, 0.717) is 11.6 Å². The van der Waals surface area contributed by atoms with Gasteiger partial charge in [-0.15, -0.1) is 0 Å². The molecule has 2 aromatic carbocycles. The zero-order chi connectivity index (χ0) is 15.4. The molecule has 1 heterocycles. The van der Waals surface area contributed by atoms with Gasteiger partial charge in [0.05, 0.1) is 6.61 Å². The Labute approximate surface area is 134 Å². The van der Waals surface area contributed by atoms with Crippen molar-refractivity contribution in [2.24, 2.45) is 0 Å². The molecule has 0 atom stereocenters. The van der Waals surface area contributed by atoms with Crippen molar-refractivity contribution in [3.05, 3.63) is 70.3 Å². The molecule has 1 aliphatic rings. The first-order valence-electron chi connectivity index (χ1n) is 7.17. The average Bonchev–Trinajstić information content (AvgIpc) is 2.98. The molecule has 0 radical (unpaired) electrons. The Hall–Kier alpha value is -2.26. The van der Waals surface area contributed by atoms with Crippen LogP contribution in [0.3, 0.4) is 0 Å². The molecule has 3 nitrogen and oxygen atoms in total. The molecule has 0 aromatic heterocycles. The van der Waals surface area contributed by atoms with Gasteiger partial charge in [-0.05, 0) is 47.0 Å². The first-order chi connectivity index (χ1) is 10.7. The maximum Gasteiger partial charge on any atom is 0.244 e. The minimum absolute atomic E-state index is 0.128. The van der Waals surface area contributed by atoms with Crippen LogP contribution in [-0.2, 0) is 17.8 Å². The Morgan fingerprint density at radius 3 is 3.05 bits per heavy atom. The van der Waals surface area contributed by atoms with E-state index in [1.807, 2.05) is 42.5 Å². The van der Waals surface area contributed by atoms with Crippen molar-refractivity contribution in [1.29, 1.82) is 0 Å². The number of hydrogen-bond donors (Lipinski definition) is 1. The number of carbonyl (C=O) groups is 1. The summed E-state index contributed by atoms with van der Waals surface area (Å²) in [7, 11) is 0. The van der Waals surface area contributed by atoms with Crippen molar-refractivity contribution in [2.75, 3.05) is 6.61 Å². The van der Waals surface area contributed by atoms with Crippen LogP contribution in [0, 0.1) is 0 Å². The molecular formula is C18H16ClNO2. The SMILES string of the molecule is O=C(/C=C/c1ccc2c(c1)CCO2)NCc1cccc(Cl)c1. The van der Waals surface area contributed by atoms with Crippen LogP contribution in [0.15, 0.2) is 48.5 Å². The zero-order valence-corrected chi connectivity index (χ0v) is 12.8. The molecule has 1 N–H and O–H groups in total. The second-order valence-electron chi connectivity index (χ2n) is 5.15. The van der Waals surface area contributed by atoms with Crippen LogP contribution in [0.5, 0.6) is 5.75 Å². The minimum Gasteiger partial charge on any atom is -0.493 e. The van der Waals surface area contributed by atoms with E-state index < -0.39 is 0 Å². The Morgan fingerprint density at radius 2 is 2.18 bits per heavy atom. The first kappa shape index (κ1) is 14.7. The molecule has 0 bridgehead atoms. The summed E-state index contributed by atoms with van der Waals surface area (Å²) in [5.74, 6) is 0.819. The lowest BCUT2D eigenvalue weighted by atomic mass is 10.1. The fourth-order valence-corrected chi connectivity index (χ4v) is 2.59. The van der Waals surface area contributed by atoms with E-state index in [2.05, 4.69) is 11.4 Å². The third kappa shape index (κ3) is 3.68. The highest BCUT2D eigenvalue weighted by Gasteiger charge is 2.11. The molecule has 3 rings (SSSR count). The van der Waals surface area contributed by atoms with E-state index in [1.165, 1.54) is 5.56 Å². The fourth-order valence-electron chi connectivity index (χ4n) is 2.38. The van der Waals surface area contributed by atoms with Crippen LogP contribution in [0.25, 0.3) is 6.08 Å². The third-order valence-corrected chi connectivity index (χ3v) is 3.73. The number of ether oxygens (including phenoxy) is 1. The van der Waals surface area contributed by atoms with Crippen LogP contribution in [-0.4, -0.2) is 12.5 Å². The Balaban J connectivity index is 1.57. The molecule has 2 aromatic rings. The van der Waals surface area contributed by atoms with Crippen LogP contribution in [0.2, 0.25) is 5.02 Å². The summed E-state index contributed by atoms with van der Waals surface area (Å²) >= 11 is 5.91. The monoisotopic (exact) mass is 313 g/mol. The van der Waals surface area contributed by atoms with E-state index in [-0.39, 0.29) is 5.91 Å². The lowest BCUT2D eigenvalue weighted by Crippen LogP contribution is -2.20. The summed E-state index contributed by atoms with van der Waals surface area (Å²) in [4.78, 5) is 11.9. The van der Waals surface area contributed by atoms with Crippen LogP contribution >= 0.6 is 11.6 Å². The molecule has 1 amide bonds. The maximum atomic E-state index is 11.9. The van der Waals surface area contributed by atoms with Crippen LogP contribution in [0.1, 0.15) is 16.7 Å². The fraction of sp³-hybridized carbons (Fsp3) is 0.167. The predicted octanol–water partition coefficient (Wildman–Crippen LogP) is 3.60. The number of amides is 1. The van der Waals surface area contributed by atoms with Crippen molar-refractivity contribution >= 4 is 23.6 Å². The van der Waals surface area contributed by atoms with Gasteiger partial charge in [0, 0.05) is 24.1 Å². The number of fused-ring (bicyclic) bond motifs is 1. The highest BCUT2D eigenvalue weighted by molar-refractivity contribution is 6.30. The minimum atomic E-state index is -0.128. The molecule has 0 aliphatic carbocycles. The Morgan fingerprint density at radius 1 is 1.27 bits per heavy atom. The second-order valence-corrected chi connectivity index (χ2v) is 5.58. The van der Waals surface area contributed by atoms with Gasteiger partial charge in [-0.2, -0.15) is 0 Å². The number of carbonyl (C=O) groups excluding carboxylic acids is 1. The lowest BCUT2D eigenvalue weighted by molar-refractivity contribution is -0.116. The molecule has 4 heteroatoms. The summed E-state index contributed by atoms with van der Waals surface area (Å²) in [6.07, 6.45) is 4.28. The van der Waals surface area contributed by atoms with E-state index in [1.54, 1.807) is 6.08 Å². The van der Waals surface area contributed by atoms with Crippen molar-refractivity contribution in [3.8, 4) is 5.75 Å². The van der Waals surface area contributed by atoms with Gasteiger partial charge in [-0.3, -0.25) is 4.79 Å². The average molecular weight is 314 g/mol. The molecule has 1 aliphatic heterocycles. The van der Waals surface area contributed by atoms with Gasteiger partial charge < -0.3 is 10.1 Å². The smallest absolute Gasteiger partial charge is 0.244 e. The van der Waals surface area contributed by atoms with Gasteiger partial charge in [0.25, 0.3) is 0 Å². The van der Waals surface area contributed by atoms with Gasteiger partial charge in [0.2, 0.25) is 5.91 Å². The second kappa shape index (κ2) is 6.67. The van der Waals surface area contributed by atoms with Gasteiger partial charge in [0.15, 0.2) is 0 Å². The van der Waals surface area contributed by atoms with Gasteiger partial charge in [-0.1, -0.05) is 29.8 Å². The molecule has 0 fully saturated rings. The highest BCUT2D eigenvalue weighted by atomic mass is 35.5. The highest BCUT2D eigenvalue weighted by Crippen LogP contribution is 2.26. The summed E-state index contributed by atoms with van der Waals surface area (Å²) in [5, 5.41) is 3.51. The van der Waals surface area contributed by atoms with Crippen LogP contribution < -0.4 is 10.1 Å².